The molecular formula is C20H15N5O. The molecule has 1 aliphatic heterocycles. The van der Waals surface area contributed by atoms with Crippen LogP contribution in [-0.4, -0.2) is 26.1 Å². The van der Waals surface area contributed by atoms with Crippen LogP contribution in [0.15, 0.2) is 60.9 Å². The number of carbonyl (C=O) groups excluding carboxylic acids is 1. The molecule has 1 unspecified atom stereocenters. The predicted octanol–water partition coefficient (Wildman–Crippen LogP) is 3.49. The first-order valence-corrected chi connectivity index (χ1v) is 8.44. The zero-order valence-electron chi connectivity index (χ0n) is 13.8. The SMILES string of the molecule is O=C1CC(c2ccnc3ccccc23)c2c(n[nH]c2-c2ccccn2)N1. The molecule has 2 N–H and O–H groups in total. The largest absolute Gasteiger partial charge is 0.309 e. The Morgan fingerprint density at radius 1 is 0.962 bits per heavy atom. The molecule has 0 spiro atoms. The fourth-order valence-electron chi connectivity index (χ4n) is 3.65. The molecule has 1 aliphatic rings. The van der Waals surface area contributed by atoms with E-state index in [1.807, 2.05) is 48.5 Å². The van der Waals surface area contributed by atoms with E-state index in [-0.39, 0.29) is 11.8 Å². The number of nitrogens with zero attached hydrogens (tertiary/aromatic N) is 3. The first-order valence-electron chi connectivity index (χ1n) is 8.44. The zero-order valence-corrected chi connectivity index (χ0v) is 13.8. The van der Waals surface area contributed by atoms with Gasteiger partial charge in [0.05, 0.1) is 16.9 Å². The Morgan fingerprint density at radius 2 is 1.85 bits per heavy atom. The van der Waals surface area contributed by atoms with Gasteiger partial charge in [0, 0.05) is 35.7 Å². The van der Waals surface area contributed by atoms with Crippen LogP contribution in [0.5, 0.6) is 0 Å². The van der Waals surface area contributed by atoms with E-state index in [1.165, 1.54) is 0 Å². The number of amides is 1. The van der Waals surface area contributed by atoms with E-state index in [1.54, 1.807) is 12.4 Å². The minimum Gasteiger partial charge on any atom is -0.309 e. The smallest absolute Gasteiger partial charge is 0.226 e. The maximum atomic E-state index is 12.3. The highest BCUT2D eigenvalue weighted by atomic mass is 16.1. The molecule has 6 heteroatoms. The van der Waals surface area contributed by atoms with Gasteiger partial charge in [0.25, 0.3) is 0 Å². The highest BCUT2D eigenvalue weighted by Gasteiger charge is 2.33. The van der Waals surface area contributed by atoms with E-state index in [4.69, 9.17) is 0 Å². The summed E-state index contributed by atoms with van der Waals surface area (Å²) in [5.41, 5.74) is 4.61. The summed E-state index contributed by atoms with van der Waals surface area (Å²) in [6.45, 7) is 0. The maximum Gasteiger partial charge on any atom is 0.226 e. The molecule has 6 nitrogen and oxygen atoms in total. The van der Waals surface area contributed by atoms with Crippen molar-refractivity contribution in [2.45, 2.75) is 12.3 Å². The number of carbonyl (C=O) groups is 1. The van der Waals surface area contributed by atoms with Gasteiger partial charge in [-0.1, -0.05) is 24.3 Å². The first-order chi connectivity index (χ1) is 12.8. The van der Waals surface area contributed by atoms with Gasteiger partial charge in [-0.25, -0.2) is 0 Å². The van der Waals surface area contributed by atoms with Crippen molar-refractivity contribution < 1.29 is 4.79 Å². The maximum absolute atomic E-state index is 12.3. The van der Waals surface area contributed by atoms with Gasteiger partial charge in [-0.2, -0.15) is 5.10 Å². The van der Waals surface area contributed by atoms with E-state index in [0.717, 1.165) is 33.4 Å². The molecular weight excluding hydrogens is 326 g/mol. The molecule has 4 aromatic rings. The van der Waals surface area contributed by atoms with Gasteiger partial charge >= 0.3 is 0 Å². The Kier molecular flexibility index (Phi) is 3.28. The second-order valence-corrected chi connectivity index (χ2v) is 6.30. The number of fused-ring (bicyclic) bond motifs is 2. The predicted molar refractivity (Wildman–Crippen MR) is 98.7 cm³/mol. The molecule has 0 fully saturated rings. The van der Waals surface area contributed by atoms with E-state index in [0.29, 0.717) is 12.2 Å². The van der Waals surface area contributed by atoms with Crippen molar-refractivity contribution in [3.63, 3.8) is 0 Å². The lowest BCUT2D eigenvalue weighted by molar-refractivity contribution is -0.116. The van der Waals surface area contributed by atoms with Crippen LogP contribution in [0.4, 0.5) is 5.82 Å². The molecule has 1 aromatic carbocycles. The summed E-state index contributed by atoms with van der Waals surface area (Å²) in [5.74, 6) is 0.428. The third-order valence-corrected chi connectivity index (χ3v) is 4.78. The lowest BCUT2D eigenvalue weighted by atomic mass is 9.83. The van der Waals surface area contributed by atoms with Crippen molar-refractivity contribution >= 4 is 22.6 Å². The fourth-order valence-corrected chi connectivity index (χ4v) is 3.65. The summed E-state index contributed by atoms with van der Waals surface area (Å²) in [4.78, 5) is 21.2. The van der Waals surface area contributed by atoms with Crippen molar-refractivity contribution in [1.82, 2.24) is 20.2 Å². The van der Waals surface area contributed by atoms with Crippen LogP contribution < -0.4 is 5.32 Å². The number of rotatable bonds is 2. The van der Waals surface area contributed by atoms with Crippen LogP contribution in [0.25, 0.3) is 22.3 Å². The number of aromatic nitrogens is 4. The van der Waals surface area contributed by atoms with Gasteiger partial charge in [-0.3, -0.25) is 19.9 Å². The lowest BCUT2D eigenvalue weighted by Gasteiger charge is -2.24. The number of hydrogen-bond acceptors (Lipinski definition) is 4. The van der Waals surface area contributed by atoms with E-state index >= 15 is 0 Å². The molecule has 0 saturated carbocycles. The summed E-state index contributed by atoms with van der Waals surface area (Å²) >= 11 is 0. The van der Waals surface area contributed by atoms with Crippen molar-refractivity contribution in [2.75, 3.05) is 5.32 Å². The monoisotopic (exact) mass is 341 g/mol. The summed E-state index contributed by atoms with van der Waals surface area (Å²) in [5, 5.41) is 11.3. The summed E-state index contributed by atoms with van der Waals surface area (Å²) in [7, 11) is 0. The van der Waals surface area contributed by atoms with Crippen LogP contribution in [0.1, 0.15) is 23.5 Å². The molecule has 0 radical (unpaired) electrons. The second-order valence-electron chi connectivity index (χ2n) is 6.30. The Hall–Kier alpha value is -3.54. The highest BCUT2D eigenvalue weighted by molar-refractivity contribution is 5.97. The average molecular weight is 341 g/mol. The van der Waals surface area contributed by atoms with Crippen molar-refractivity contribution in [3.8, 4) is 11.4 Å². The summed E-state index contributed by atoms with van der Waals surface area (Å²) in [6.07, 6.45) is 3.91. The van der Waals surface area contributed by atoms with Crippen LogP contribution in [0.3, 0.4) is 0 Å². The molecule has 1 amide bonds. The van der Waals surface area contributed by atoms with Gasteiger partial charge in [0.1, 0.15) is 0 Å². The Balaban J connectivity index is 1.75. The number of benzene rings is 1. The first kappa shape index (κ1) is 14.8. The van der Waals surface area contributed by atoms with Gasteiger partial charge in [-0.15, -0.1) is 0 Å². The van der Waals surface area contributed by atoms with Crippen LogP contribution in [-0.2, 0) is 4.79 Å². The van der Waals surface area contributed by atoms with E-state index < -0.39 is 0 Å². The third-order valence-electron chi connectivity index (χ3n) is 4.78. The number of hydrogen-bond donors (Lipinski definition) is 2. The van der Waals surface area contributed by atoms with Crippen molar-refractivity contribution in [1.29, 1.82) is 0 Å². The topological polar surface area (TPSA) is 83.6 Å². The van der Waals surface area contributed by atoms with Gasteiger partial charge in [0.2, 0.25) is 5.91 Å². The highest BCUT2D eigenvalue weighted by Crippen LogP contribution is 2.42. The summed E-state index contributed by atoms with van der Waals surface area (Å²) in [6, 6.07) is 15.7. The molecule has 0 bridgehead atoms. The van der Waals surface area contributed by atoms with Crippen LogP contribution in [0.2, 0.25) is 0 Å². The summed E-state index contributed by atoms with van der Waals surface area (Å²) < 4.78 is 0. The Labute approximate surface area is 149 Å². The molecule has 0 aliphatic carbocycles. The van der Waals surface area contributed by atoms with Gasteiger partial charge in [-0.05, 0) is 29.8 Å². The van der Waals surface area contributed by atoms with Crippen molar-refractivity contribution in [2.24, 2.45) is 0 Å². The quantitative estimate of drug-likeness (QED) is 0.584. The molecule has 3 aromatic heterocycles. The minimum absolute atomic E-state index is 0.0394. The number of para-hydroxylation sites is 1. The van der Waals surface area contributed by atoms with Gasteiger partial charge < -0.3 is 5.32 Å². The molecule has 26 heavy (non-hydrogen) atoms. The molecule has 4 heterocycles. The fraction of sp³-hybridized carbons (Fsp3) is 0.100. The van der Waals surface area contributed by atoms with E-state index in [2.05, 4.69) is 25.5 Å². The molecule has 5 rings (SSSR count). The number of anilines is 1. The number of nitrogens with one attached hydrogen (secondary N) is 2. The van der Waals surface area contributed by atoms with E-state index in [9.17, 15) is 4.79 Å². The zero-order chi connectivity index (χ0) is 17.5. The number of pyridine rings is 2. The minimum atomic E-state index is -0.109. The van der Waals surface area contributed by atoms with Crippen LogP contribution in [0, 0.1) is 0 Å². The number of H-pyrrole nitrogens is 1. The average Bonchev–Trinajstić information content (AvgIpc) is 3.11. The second kappa shape index (κ2) is 5.77. The molecule has 0 saturated heterocycles. The Morgan fingerprint density at radius 3 is 2.73 bits per heavy atom. The lowest BCUT2D eigenvalue weighted by Crippen LogP contribution is -2.23. The van der Waals surface area contributed by atoms with Crippen molar-refractivity contribution in [3.05, 3.63) is 72.1 Å². The van der Waals surface area contributed by atoms with Crippen LogP contribution >= 0.6 is 0 Å². The third kappa shape index (κ3) is 2.27. The van der Waals surface area contributed by atoms with Gasteiger partial charge in [0.15, 0.2) is 5.82 Å². The normalized spacial score (nSPS) is 16.3. The molecule has 1 atom stereocenters. The standard InChI is InChI=1S/C20H15N5O/c26-17-11-14(12-8-10-22-15-6-2-1-5-13(12)15)18-19(24-25-20(18)23-17)16-7-3-4-9-21-16/h1-10,14H,11H2,(H2,23,24,25,26). The molecule has 126 valence electrons. The Bertz CT molecular complexity index is 1110. The number of aromatic amines is 1.